The molecule has 2 amide bonds. The number of amides is 2. The van der Waals surface area contributed by atoms with Gasteiger partial charge in [-0.05, 0) is 24.3 Å². The number of aromatic amines is 1. The smallest absolute Gasteiger partial charge is 0.295 e. The minimum absolute atomic E-state index is 0.0716. The number of hydrogen-bond donors (Lipinski definition) is 1. The molecule has 1 N–H and O–H groups in total. The zero-order valence-corrected chi connectivity index (χ0v) is 21.1. The average molecular weight is 565 g/mol. The van der Waals surface area contributed by atoms with E-state index in [0.29, 0.717) is 5.56 Å². The molecule has 1 aliphatic rings. The van der Waals surface area contributed by atoms with Gasteiger partial charge in [0.1, 0.15) is 5.82 Å². The van der Waals surface area contributed by atoms with Crippen LogP contribution in [0.15, 0.2) is 53.1 Å². The highest BCUT2D eigenvalue weighted by Crippen LogP contribution is 2.39. The molecule has 5 rings (SSSR count). The van der Waals surface area contributed by atoms with Crippen LogP contribution in [-0.4, -0.2) is 68.8 Å². The van der Waals surface area contributed by atoms with Gasteiger partial charge in [0.15, 0.2) is 0 Å². The van der Waals surface area contributed by atoms with E-state index in [1.165, 1.54) is 17.2 Å². The number of piperazine rings is 1. The first-order chi connectivity index (χ1) is 17.6. The molecule has 1 fully saturated rings. The Morgan fingerprint density at radius 3 is 2.27 bits per heavy atom. The van der Waals surface area contributed by atoms with Crippen LogP contribution in [0.25, 0.3) is 22.4 Å². The van der Waals surface area contributed by atoms with Gasteiger partial charge >= 0.3 is 0 Å². The van der Waals surface area contributed by atoms with Gasteiger partial charge in [-0.3, -0.25) is 14.4 Å². The summed E-state index contributed by atoms with van der Waals surface area (Å²) in [5, 5.41) is 7.41. The first kappa shape index (κ1) is 25.2. The van der Waals surface area contributed by atoms with Crippen LogP contribution in [0.3, 0.4) is 0 Å². The van der Waals surface area contributed by atoms with E-state index in [1.54, 1.807) is 29.2 Å². The predicted molar refractivity (Wildman–Crippen MR) is 134 cm³/mol. The topological polar surface area (TPSA) is 112 Å². The molecule has 0 atom stereocenters. The number of benzene rings is 2. The normalized spacial score (nSPS) is 14.3. The summed E-state index contributed by atoms with van der Waals surface area (Å²) in [7, 11) is 0. The summed E-state index contributed by atoms with van der Waals surface area (Å²) in [6.45, 7) is 0.867. The third-order valence-electron chi connectivity index (χ3n) is 6.00. The number of carbonyl (C=O) groups excluding carboxylic acids is 3. The maximum Gasteiger partial charge on any atom is 0.295 e. The van der Waals surface area contributed by atoms with Crippen molar-refractivity contribution in [1.82, 2.24) is 25.0 Å². The Kier molecular flexibility index (Phi) is 6.65. The second-order valence-electron chi connectivity index (χ2n) is 8.24. The van der Waals surface area contributed by atoms with Gasteiger partial charge in [0.05, 0.1) is 16.6 Å². The van der Waals surface area contributed by atoms with Crippen molar-refractivity contribution < 1.29 is 23.2 Å². The molecule has 1 aliphatic heterocycles. The molecule has 0 saturated carbocycles. The number of Topliss-reactive ketones (excluding diaryl/α,β-unsaturated/α-hetero) is 1. The van der Waals surface area contributed by atoms with Crippen LogP contribution in [0.4, 0.5) is 4.39 Å². The molecule has 3 heterocycles. The van der Waals surface area contributed by atoms with Crippen molar-refractivity contribution in [2.24, 2.45) is 0 Å². The van der Waals surface area contributed by atoms with Gasteiger partial charge in [0.2, 0.25) is 5.89 Å². The van der Waals surface area contributed by atoms with Crippen molar-refractivity contribution in [3.05, 3.63) is 71.5 Å². The van der Waals surface area contributed by atoms with E-state index in [0.717, 1.165) is 6.07 Å². The van der Waals surface area contributed by atoms with Crippen molar-refractivity contribution in [2.75, 3.05) is 26.2 Å². The molecule has 2 aromatic heterocycles. The standard InChI is InChI=1S/C24H17Cl3FN5O4/c25-24(26,27)23-31-30-20(37-23)14-6-7-16(28)17-15(12-29-18(14)17)19(34)22(36)33-10-8-32(9-11-33)21(35)13-4-2-1-3-5-13/h1-7,12,29H,8-11H2. The number of rotatable bonds is 4. The molecule has 13 heteroatoms. The molecular weight excluding hydrogens is 548 g/mol. The van der Waals surface area contributed by atoms with Gasteiger partial charge in [-0.15, -0.1) is 10.2 Å². The minimum atomic E-state index is -1.95. The second-order valence-corrected chi connectivity index (χ2v) is 10.5. The number of ketones is 1. The zero-order valence-electron chi connectivity index (χ0n) is 18.9. The quantitative estimate of drug-likeness (QED) is 0.224. The SMILES string of the molecule is O=C(C(=O)N1CCN(C(=O)c2ccccc2)CC1)c1c[nH]c2c(-c3nnc(C(Cl)(Cl)Cl)o3)ccc(F)c12. The molecule has 190 valence electrons. The Balaban J connectivity index is 1.36. The fraction of sp³-hybridized carbons (Fsp3) is 0.208. The van der Waals surface area contributed by atoms with Crippen LogP contribution in [-0.2, 0) is 8.59 Å². The van der Waals surface area contributed by atoms with Gasteiger partial charge in [0, 0.05) is 43.3 Å². The molecule has 0 aliphatic carbocycles. The number of alkyl halides is 3. The Labute approximate surface area is 224 Å². The summed E-state index contributed by atoms with van der Waals surface area (Å²) in [5.74, 6) is -2.92. The molecule has 0 unspecified atom stereocenters. The van der Waals surface area contributed by atoms with Gasteiger partial charge in [-0.2, -0.15) is 0 Å². The summed E-state index contributed by atoms with van der Waals surface area (Å²) in [4.78, 5) is 44.6. The number of nitrogens with one attached hydrogen (secondary N) is 1. The molecular formula is C24H17Cl3FN5O4. The van der Waals surface area contributed by atoms with Crippen molar-refractivity contribution in [3.8, 4) is 11.5 Å². The van der Waals surface area contributed by atoms with E-state index in [2.05, 4.69) is 15.2 Å². The van der Waals surface area contributed by atoms with Crippen LogP contribution < -0.4 is 0 Å². The van der Waals surface area contributed by atoms with Gasteiger partial charge < -0.3 is 19.2 Å². The lowest BCUT2D eigenvalue weighted by Crippen LogP contribution is -2.52. The molecule has 9 nitrogen and oxygen atoms in total. The first-order valence-electron chi connectivity index (χ1n) is 11.0. The highest BCUT2D eigenvalue weighted by atomic mass is 35.6. The highest BCUT2D eigenvalue weighted by Gasteiger charge is 2.33. The van der Waals surface area contributed by atoms with Crippen LogP contribution in [0.1, 0.15) is 26.6 Å². The lowest BCUT2D eigenvalue weighted by molar-refractivity contribution is -0.127. The van der Waals surface area contributed by atoms with E-state index in [9.17, 15) is 18.8 Å². The van der Waals surface area contributed by atoms with Crippen LogP contribution in [0, 0.1) is 5.82 Å². The van der Waals surface area contributed by atoms with E-state index < -0.39 is 21.3 Å². The number of H-pyrrole nitrogens is 1. The number of aromatic nitrogens is 3. The van der Waals surface area contributed by atoms with Crippen molar-refractivity contribution >= 4 is 63.3 Å². The predicted octanol–water partition coefficient (Wildman–Crippen LogP) is 4.35. The van der Waals surface area contributed by atoms with Crippen LogP contribution in [0.2, 0.25) is 0 Å². The maximum atomic E-state index is 14.9. The van der Waals surface area contributed by atoms with Crippen LogP contribution >= 0.6 is 34.8 Å². The monoisotopic (exact) mass is 563 g/mol. The van der Waals surface area contributed by atoms with Crippen molar-refractivity contribution in [3.63, 3.8) is 0 Å². The second kappa shape index (κ2) is 9.77. The molecule has 2 aromatic carbocycles. The summed E-state index contributed by atoms with van der Waals surface area (Å²) < 4.78 is 18.3. The largest absolute Gasteiger partial charge is 0.416 e. The molecule has 37 heavy (non-hydrogen) atoms. The summed E-state index contributed by atoms with van der Waals surface area (Å²) >= 11 is 17.3. The lowest BCUT2D eigenvalue weighted by atomic mass is 10.0. The Morgan fingerprint density at radius 1 is 0.946 bits per heavy atom. The molecule has 0 bridgehead atoms. The maximum absolute atomic E-state index is 14.9. The summed E-state index contributed by atoms with van der Waals surface area (Å²) in [6.07, 6.45) is 1.25. The Hall–Kier alpha value is -3.47. The van der Waals surface area contributed by atoms with Gasteiger partial charge in [-0.25, -0.2) is 4.39 Å². The summed E-state index contributed by atoms with van der Waals surface area (Å²) in [5.41, 5.74) is 0.812. The zero-order chi connectivity index (χ0) is 26.3. The molecule has 0 radical (unpaired) electrons. The van der Waals surface area contributed by atoms with Gasteiger partial charge in [-0.1, -0.05) is 53.0 Å². The summed E-state index contributed by atoms with van der Waals surface area (Å²) in [6, 6.07) is 11.3. The minimum Gasteiger partial charge on any atom is -0.416 e. The number of carbonyl (C=O) groups is 3. The van der Waals surface area contributed by atoms with Crippen molar-refractivity contribution in [1.29, 1.82) is 0 Å². The van der Waals surface area contributed by atoms with E-state index in [1.807, 2.05) is 6.07 Å². The van der Waals surface area contributed by atoms with Gasteiger partial charge in [0.25, 0.3) is 27.3 Å². The fourth-order valence-corrected chi connectivity index (χ4v) is 4.37. The first-order valence-corrected chi connectivity index (χ1v) is 12.2. The number of hydrogen-bond acceptors (Lipinski definition) is 6. The van der Waals surface area contributed by atoms with Crippen LogP contribution in [0.5, 0.6) is 0 Å². The fourth-order valence-electron chi connectivity index (χ4n) is 4.15. The third kappa shape index (κ3) is 4.79. The van der Waals surface area contributed by atoms with E-state index >= 15 is 0 Å². The Bertz CT molecular complexity index is 1510. The molecule has 4 aromatic rings. The molecule has 1 saturated heterocycles. The average Bonchev–Trinajstić information content (AvgIpc) is 3.57. The van der Waals surface area contributed by atoms with E-state index in [-0.39, 0.29) is 65.9 Å². The number of halogens is 4. The number of fused-ring (bicyclic) bond motifs is 1. The Morgan fingerprint density at radius 2 is 1.62 bits per heavy atom. The molecule has 0 spiro atoms. The van der Waals surface area contributed by atoms with E-state index in [4.69, 9.17) is 39.2 Å². The lowest BCUT2D eigenvalue weighted by Gasteiger charge is -2.34. The third-order valence-corrected chi connectivity index (χ3v) is 6.48. The number of nitrogens with zero attached hydrogens (tertiary/aromatic N) is 4. The highest BCUT2D eigenvalue weighted by molar-refractivity contribution is 6.66. The van der Waals surface area contributed by atoms with Crippen molar-refractivity contribution in [2.45, 2.75) is 3.79 Å².